The Kier molecular flexibility index (Phi) is 6.31. The van der Waals surface area contributed by atoms with Crippen LogP contribution in [0.2, 0.25) is 0 Å². The highest BCUT2D eigenvalue weighted by molar-refractivity contribution is 5.95. The molecule has 6 nitrogen and oxygen atoms in total. The quantitative estimate of drug-likeness (QED) is 0.613. The number of rotatable bonds is 5. The molecule has 1 amide bonds. The van der Waals surface area contributed by atoms with Crippen molar-refractivity contribution in [2.75, 3.05) is 13.2 Å². The second-order valence-corrected chi connectivity index (χ2v) is 9.43. The summed E-state index contributed by atoms with van der Waals surface area (Å²) in [5, 5.41) is 12.4. The molecule has 1 saturated heterocycles. The van der Waals surface area contributed by atoms with E-state index >= 15 is 0 Å². The number of nitrogens with one attached hydrogen (secondary N) is 1. The van der Waals surface area contributed by atoms with Crippen molar-refractivity contribution in [3.05, 3.63) is 34.8 Å². The van der Waals surface area contributed by atoms with Crippen molar-refractivity contribution in [3.63, 3.8) is 0 Å². The van der Waals surface area contributed by atoms with E-state index in [1.807, 2.05) is 13.0 Å². The molecule has 3 heterocycles. The average molecular weight is 484 g/mol. The topological polar surface area (TPSA) is 79.4 Å². The Morgan fingerprint density at radius 3 is 2.59 bits per heavy atom. The zero-order valence-electron chi connectivity index (χ0n) is 18.6. The van der Waals surface area contributed by atoms with Gasteiger partial charge in [-0.05, 0) is 57.1 Å². The molecule has 2 aliphatic rings. The molecular weight excluding hydrogens is 459 g/mol. The third kappa shape index (κ3) is 5.02. The lowest BCUT2D eigenvalue weighted by Gasteiger charge is -2.28. The van der Waals surface area contributed by atoms with Gasteiger partial charge in [-0.3, -0.25) is 9.20 Å². The summed E-state index contributed by atoms with van der Waals surface area (Å²) in [5.41, 5.74) is -2.27. The summed E-state index contributed by atoms with van der Waals surface area (Å²) >= 11 is 0. The Bertz CT molecular complexity index is 1120. The number of nitrogens with zero attached hydrogens (tertiary/aromatic N) is 3. The van der Waals surface area contributed by atoms with E-state index < -0.39 is 29.3 Å². The number of carbonyl (C=O) groups is 1. The Morgan fingerprint density at radius 1 is 1.29 bits per heavy atom. The van der Waals surface area contributed by atoms with Crippen LogP contribution < -0.4 is 5.32 Å². The monoisotopic (exact) mass is 484 g/mol. The molecule has 0 spiro atoms. The van der Waals surface area contributed by atoms with Gasteiger partial charge in [-0.2, -0.15) is 18.4 Å². The summed E-state index contributed by atoms with van der Waals surface area (Å²) in [6.45, 7) is 2.67. The third-order valence-corrected chi connectivity index (χ3v) is 6.70. The summed E-state index contributed by atoms with van der Waals surface area (Å²) < 4.78 is 75.2. The van der Waals surface area contributed by atoms with Crippen molar-refractivity contribution in [3.8, 4) is 6.07 Å². The first-order valence-corrected chi connectivity index (χ1v) is 11.2. The number of fused-ring (bicyclic) bond motifs is 1. The van der Waals surface area contributed by atoms with Crippen molar-refractivity contribution in [1.82, 2.24) is 14.7 Å². The maximum Gasteiger partial charge on any atom is 0.435 e. The summed E-state index contributed by atoms with van der Waals surface area (Å²) in [6, 6.07) is 4.29. The fourth-order valence-electron chi connectivity index (χ4n) is 4.78. The van der Waals surface area contributed by atoms with Gasteiger partial charge >= 0.3 is 6.18 Å². The van der Waals surface area contributed by atoms with Gasteiger partial charge in [-0.1, -0.05) is 0 Å². The van der Waals surface area contributed by atoms with Crippen molar-refractivity contribution in [2.24, 2.45) is 5.92 Å². The zero-order chi connectivity index (χ0) is 24.7. The molecule has 0 aromatic carbocycles. The van der Waals surface area contributed by atoms with Gasteiger partial charge in [0.05, 0.1) is 11.3 Å². The molecule has 4 rings (SSSR count). The van der Waals surface area contributed by atoms with Crippen molar-refractivity contribution >= 4 is 11.6 Å². The van der Waals surface area contributed by atoms with Gasteiger partial charge in [0.25, 0.3) is 5.91 Å². The summed E-state index contributed by atoms with van der Waals surface area (Å²) in [6.07, 6.45) is -3.90. The minimum Gasteiger partial charge on any atom is -0.373 e. The van der Waals surface area contributed by atoms with Crippen LogP contribution in [-0.4, -0.2) is 40.0 Å². The lowest BCUT2D eigenvalue weighted by Crippen LogP contribution is -2.40. The number of alkyl halides is 5. The van der Waals surface area contributed by atoms with Gasteiger partial charge in [0.1, 0.15) is 17.4 Å². The van der Waals surface area contributed by atoms with Crippen LogP contribution in [0.1, 0.15) is 72.9 Å². The van der Waals surface area contributed by atoms with E-state index in [0.717, 1.165) is 17.2 Å². The molecule has 0 radical (unpaired) electrons. The number of carbonyl (C=O) groups excluding carboxylic acids is 1. The maximum atomic E-state index is 13.8. The number of nitriles is 1. The number of amides is 1. The lowest BCUT2D eigenvalue weighted by molar-refractivity contribution is -0.141. The number of halogens is 5. The molecule has 2 fully saturated rings. The first kappa shape index (κ1) is 24.4. The van der Waals surface area contributed by atoms with E-state index in [-0.39, 0.29) is 67.2 Å². The molecule has 1 saturated carbocycles. The van der Waals surface area contributed by atoms with E-state index in [1.165, 1.54) is 12.1 Å². The maximum absolute atomic E-state index is 13.8. The zero-order valence-corrected chi connectivity index (χ0v) is 18.6. The minimum atomic E-state index is -4.80. The fraction of sp³-hybridized carbons (Fsp3) is 0.609. The molecule has 1 N–H and O–H groups in total. The first-order chi connectivity index (χ1) is 15.9. The predicted molar refractivity (Wildman–Crippen MR) is 111 cm³/mol. The number of imidazole rings is 1. The third-order valence-electron chi connectivity index (χ3n) is 6.70. The largest absolute Gasteiger partial charge is 0.435 e. The Morgan fingerprint density at radius 2 is 2.00 bits per heavy atom. The standard InChI is InChI=1S/C23H25F5N4O2/c1-21(5-2-8-34-21)13-30-20(33)15-10-16(12-29)32-17(9-14-3-6-22(24,25)7-4-14)19(23(26,27)28)31-18(32)11-15/h10-11,14H,2-9,13H2,1H3,(H,30,33). The Labute approximate surface area is 193 Å². The molecule has 1 aliphatic heterocycles. The van der Waals surface area contributed by atoms with E-state index in [0.29, 0.717) is 6.61 Å². The van der Waals surface area contributed by atoms with Crippen LogP contribution in [0.5, 0.6) is 0 Å². The van der Waals surface area contributed by atoms with Crippen LogP contribution in [-0.2, 0) is 17.3 Å². The van der Waals surface area contributed by atoms with Gasteiger partial charge in [-0.25, -0.2) is 13.8 Å². The van der Waals surface area contributed by atoms with Crippen molar-refractivity contribution < 1.29 is 31.5 Å². The molecule has 1 unspecified atom stereocenters. The van der Waals surface area contributed by atoms with Gasteiger partial charge in [0, 0.05) is 31.6 Å². The van der Waals surface area contributed by atoms with Gasteiger partial charge in [0.15, 0.2) is 5.69 Å². The highest BCUT2D eigenvalue weighted by Crippen LogP contribution is 2.40. The molecule has 1 atom stereocenters. The van der Waals surface area contributed by atoms with Crippen molar-refractivity contribution in [2.45, 2.75) is 69.6 Å². The van der Waals surface area contributed by atoms with E-state index in [2.05, 4.69) is 10.3 Å². The van der Waals surface area contributed by atoms with Crippen LogP contribution >= 0.6 is 0 Å². The average Bonchev–Trinajstić information content (AvgIpc) is 3.37. The lowest BCUT2D eigenvalue weighted by atomic mass is 9.83. The fourth-order valence-corrected chi connectivity index (χ4v) is 4.78. The molecule has 0 bridgehead atoms. The SMILES string of the molecule is CC1(CNC(=O)c2cc(C#N)n3c(CC4CCC(F)(F)CC4)c(C(F)(F)F)nc3c2)CCCO1. The van der Waals surface area contributed by atoms with Gasteiger partial charge in [-0.15, -0.1) is 0 Å². The summed E-state index contributed by atoms with van der Waals surface area (Å²) in [4.78, 5) is 16.4. The highest BCUT2D eigenvalue weighted by Gasteiger charge is 2.41. The molecule has 2 aromatic heterocycles. The molecule has 2 aromatic rings. The number of hydrogen-bond donors (Lipinski definition) is 1. The number of aromatic nitrogens is 2. The summed E-state index contributed by atoms with van der Waals surface area (Å²) in [5.74, 6) is -3.74. The summed E-state index contributed by atoms with van der Waals surface area (Å²) in [7, 11) is 0. The Balaban J connectivity index is 1.67. The van der Waals surface area contributed by atoms with E-state index in [9.17, 15) is 32.0 Å². The second kappa shape index (κ2) is 8.80. The molecule has 34 heavy (non-hydrogen) atoms. The first-order valence-electron chi connectivity index (χ1n) is 11.2. The second-order valence-electron chi connectivity index (χ2n) is 9.43. The van der Waals surface area contributed by atoms with Crippen LogP contribution in [0.3, 0.4) is 0 Å². The Hall–Kier alpha value is -2.74. The van der Waals surface area contributed by atoms with Crippen LogP contribution in [0, 0.1) is 17.2 Å². The molecular formula is C23H25F5N4O2. The van der Waals surface area contributed by atoms with E-state index in [1.54, 1.807) is 0 Å². The van der Waals surface area contributed by atoms with Crippen molar-refractivity contribution in [1.29, 1.82) is 5.26 Å². The minimum absolute atomic E-state index is 0.00762. The van der Waals surface area contributed by atoms with Crippen LogP contribution in [0.25, 0.3) is 5.65 Å². The smallest absolute Gasteiger partial charge is 0.373 e. The van der Waals surface area contributed by atoms with E-state index in [4.69, 9.17) is 4.74 Å². The highest BCUT2D eigenvalue weighted by atomic mass is 19.4. The number of ether oxygens (including phenoxy) is 1. The van der Waals surface area contributed by atoms with Crippen LogP contribution in [0.15, 0.2) is 12.1 Å². The van der Waals surface area contributed by atoms with Gasteiger partial charge < -0.3 is 10.1 Å². The molecule has 184 valence electrons. The number of hydrogen-bond acceptors (Lipinski definition) is 4. The van der Waals surface area contributed by atoms with Gasteiger partial charge in [0.2, 0.25) is 5.92 Å². The number of pyridine rings is 1. The van der Waals surface area contributed by atoms with Crippen LogP contribution in [0.4, 0.5) is 22.0 Å². The predicted octanol–water partition coefficient (Wildman–Crippen LogP) is 4.89. The normalized spacial score (nSPS) is 23.2. The molecule has 11 heteroatoms. The molecule has 1 aliphatic carbocycles.